The van der Waals surface area contributed by atoms with Gasteiger partial charge in [-0.1, -0.05) is 41.6 Å². The smallest absolute Gasteiger partial charge is 0.276 e. The van der Waals surface area contributed by atoms with Crippen LogP contribution in [0.5, 0.6) is 0 Å². The number of hydrogen-bond donors (Lipinski definition) is 4. The molecule has 0 fully saturated rings. The number of rotatable bonds is 9. The maximum atomic E-state index is 14.5. The van der Waals surface area contributed by atoms with Gasteiger partial charge in [0, 0.05) is 36.6 Å². The second kappa shape index (κ2) is 11.3. The Morgan fingerprint density at radius 1 is 1.20 bits per heavy atom. The summed E-state index contributed by atoms with van der Waals surface area (Å²) in [6.45, 7) is 1.25. The summed E-state index contributed by atoms with van der Waals surface area (Å²) in [7, 11) is 0. The van der Waals surface area contributed by atoms with Gasteiger partial charge < -0.3 is 20.7 Å². The van der Waals surface area contributed by atoms with Crippen molar-refractivity contribution in [3.63, 3.8) is 0 Å². The molecule has 0 aliphatic heterocycles. The lowest BCUT2D eigenvalue weighted by molar-refractivity contribution is 0.294. The molecule has 0 spiro atoms. The van der Waals surface area contributed by atoms with Crippen LogP contribution in [0.4, 0.5) is 10.1 Å². The second-order valence-corrected chi connectivity index (χ2v) is 7.68. The van der Waals surface area contributed by atoms with Gasteiger partial charge in [0.05, 0.1) is 18.0 Å². The number of aliphatic hydroxyl groups is 1. The monoisotopic (exact) mass is 475 g/mol. The lowest BCUT2D eigenvalue weighted by atomic mass is 10.1. The number of hydrazine groups is 1. The number of allylic oxidation sites excluding steroid dienone is 4. The fraction of sp³-hybridized carbons (Fsp3) is 0.160. The number of halogens is 1. The van der Waals surface area contributed by atoms with Crippen LogP contribution in [0, 0.1) is 5.82 Å². The molecule has 0 bridgehead atoms. The van der Waals surface area contributed by atoms with Crippen molar-refractivity contribution >= 4 is 22.7 Å². The van der Waals surface area contributed by atoms with E-state index in [-0.39, 0.29) is 23.9 Å². The van der Waals surface area contributed by atoms with Gasteiger partial charge in [0.1, 0.15) is 11.5 Å². The van der Waals surface area contributed by atoms with Gasteiger partial charge in [-0.25, -0.2) is 10.2 Å². The fourth-order valence-electron chi connectivity index (χ4n) is 3.54. The highest BCUT2D eigenvalue weighted by Gasteiger charge is 2.22. The van der Waals surface area contributed by atoms with E-state index in [2.05, 4.69) is 26.5 Å². The van der Waals surface area contributed by atoms with Crippen LogP contribution < -0.4 is 21.9 Å². The molecule has 4 rings (SSSR count). The van der Waals surface area contributed by atoms with E-state index in [0.717, 1.165) is 16.2 Å². The van der Waals surface area contributed by atoms with Gasteiger partial charge >= 0.3 is 0 Å². The molecule has 0 atom stereocenters. The average molecular weight is 476 g/mol. The number of benzene rings is 1. The molecule has 0 saturated heterocycles. The zero-order valence-electron chi connectivity index (χ0n) is 18.9. The number of nitrogens with one attached hydrogen (secondary N) is 1. The summed E-state index contributed by atoms with van der Waals surface area (Å²) < 4.78 is 20.0. The summed E-state index contributed by atoms with van der Waals surface area (Å²) in [5, 5.41) is 17.3. The van der Waals surface area contributed by atoms with Crippen LogP contribution in [0.1, 0.15) is 23.7 Å². The lowest BCUT2D eigenvalue weighted by Gasteiger charge is -2.23. The van der Waals surface area contributed by atoms with Crippen LogP contribution in [0.15, 0.2) is 83.2 Å². The van der Waals surface area contributed by atoms with Crippen LogP contribution in [0.3, 0.4) is 0 Å². The molecule has 35 heavy (non-hydrogen) atoms. The van der Waals surface area contributed by atoms with Crippen molar-refractivity contribution in [1.82, 2.24) is 20.4 Å². The Balaban J connectivity index is 1.65. The molecule has 0 saturated carbocycles. The molecule has 10 heteroatoms. The molecular formula is C25H26FN7O2. The van der Waals surface area contributed by atoms with Crippen molar-refractivity contribution in [2.24, 2.45) is 11.6 Å². The quantitative estimate of drug-likeness (QED) is 0.209. The van der Waals surface area contributed by atoms with Crippen LogP contribution in [0.2, 0.25) is 0 Å². The zero-order valence-corrected chi connectivity index (χ0v) is 18.9. The number of anilines is 1. The summed E-state index contributed by atoms with van der Waals surface area (Å²) in [6, 6.07) is 9.52. The van der Waals surface area contributed by atoms with Gasteiger partial charge in [-0.2, -0.15) is 4.98 Å². The van der Waals surface area contributed by atoms with Crippen LogP contribution in [0.25, 0.3) is 17.0 Å². The normalized spacial score (nSPS) is 14.1. The maximum Gasteiger partial charge on any atom is 0.276 e. The topological polar surface area (TPSA) is 139 Å². The fourth-order valence-corrected chi connectivity index (χ4v) is 3.54. The summed E-state index contributed by atoms with van der Waals surface area (Å²) in [6.07, 6.45) is 11.6. The minimum atomic E-state index is -0.507. The van der Waals surface area contributed by atoms with Crippen molar-refractivity contribution in [2.75, 3.05) is 24.7 Å². The maximum absolute atomic E-state index is 14.5. The Morgan fingerprint density at radius 3 is 2.77 bits per heavy atom. The van der Waals surface area contributed by atoms with E-state index in [1.54, 1.807) is 42.7 Å². The van der Waals surface area contributed by atoms with E-state index < -0.39 is 5.82 Å². The number of hydrogen-bond acceptors (Lipinski definition) is 9. The van der Waals surface area contributed by atoms with Gasteiger partial charge in [-0.15, -0.1) is 0 Å². The Hall–Kier alpha value is -4.12. The molecule has 1 aliphatic rings. The number of nitrogens with zero attached hydrogens (tertiary/aromatic N) is 4. The van der Waals surface area contributed by atoms with Crippen molar-refractivity contribution in [1.29, 1.82) is 0 Å². The van der Waals surface area contributed by atoms with Crippen LogP contribution in [-0.2, 0) is 0 Å². The standard InChI is InChI=1S/C25H26FN7O2/c26-20-6-1-2-7-21(20)33(28)23(18-10-12-29-13-11-18)22(27)25-31-24(32-35-25)19-5-3-4-17(8-9-19)16-30-14-15-34/h1-8,10-13,30,34H,9,14-16,27-28H2/b23-22-. The van der Waals surface area contributed by atoms with E-state index >= 15 is 0 Å². The summed E-state index contributed by atoms with van der Waals surface area (Å²) in [4.78, 5) is 8.52. The van der Waals surface area contributed by atoms with Crippen molar-refractivity contribution < 1.29 is 14.0 Å². The Kier molecular flexibility index (Phi) is 7.78. The third-order valence-electron chi connectivity index (χ3n) is 5.31. The number of aromatic nitrogens is 3. The van der Waals surface area contributed by atoms with Crippen molar-refractivity contribution in [3.8, 4) is 0 Å². The minimum Gasteiger partial charge on any atom is -0.395 e. The molecule has 180 valence electrons. The molecule has 1 aromatic carbocycles. The third kappa shape index (κ3) is 5.69. The first-order valence-electron chi connectivity index (χ1n) is 11.0. The minimum absolute atomic E-state index is 0.0570. The largest absolute Gasteiger partial charge is 0.395 e. The van der Waals surface area contributed by atoms with Crippen LogP contribution >= 0.6 is 0 Å². The zero-order chi connectivity index (χ0) is 24.6. The summed E-state index contributed by atoms with van der Waals surface area (Å²) >= 11 is 0. The van der Waals surface area contributed by atoms with E-state index in [1.807, 2.05) is 18.2 Å². The first-order valence-corrected chi connectivity index (χ1v) is 11.0. The summed E-state index contributed by atoms with van der Waals surface area (Å²) in [5.74, 6) is 6.28. The molecule has 3 aromatic rings. The van der Waals surface area contributed by atoms with Gasteiger partial charge in [0.15, 0.2) is 5.82 Å². The highest BCUT2D eigenvalue weighted by Crippen LogP contribution is 2.30. The lowest BCUT2D eigenvalue weighted by Crippen LogP contribution is -2.32. The second-order valence-electron chi connectivity index (χ2n) is 7.68. The highest BCUT2D eigenvalue weighted by atomic mass is 19.1. The first kappa shape index (κ1) is 24.0. The van der Waals surface area contributed by atoms with Gasteiger partial charge in [-0.3, -0.25) is 9.99 Å². The van der Waals surface area contributed by atoms with Gasteiger partial charge in [0.25, 0.3) is 5.89 Å². The first-order chi connectivity index (χ1) is 17.1. The number of para-hydroxylation sites is 1. The Bertz CT molecular complexity index is 1280. The molecule has 2 heterocycles. The number of aliphatic hydroxyl groups excluding tert-OH is 1. The third-order valence-corrected chi connectivity index (χ3v) is 5.31. The summed E-state index contributed by atoms with van der Waals surface area (Å²) in [5.41, 5.74) is 9.50. The van der Waals surface area contributed by atoms with E-state index in [9.17, 15) is 4.39 Å². The average Bonchev–Trinajstić information content (AvgIpc) is 3.25. The van der Waals surface area contributed by atoms with Gasteiger partial charge in [-0.05, 0) is 36.3 Å². The Morgan fingerprint density at radius 2 is 2.00 bits per heavy atom. The molecule has 6 N–H and O–H groups in total. The van der Waals surface area contributed by atoms with Crippen molar-refractivity contribution in [2.45, 2.75) is 6.42 Å². The highest BCUT2D eigenvalue weighted by molar-refractivity contribution is 5.93. The SMILES string of the molecule is N/C(=C(/c1ccncc1)N(N)c1ccccc1F)c1nc(C2=CC=CC(CNCCO)=CC2)no1. The molecular weight excluding hydrogens is 449 g/mol. The molecule has 2 aromatic heterocycles. The number of nitrogens with two attached hydrogens (primary N) is 2. The van der Waals surface area contributed by atoms with Crippen LogP contribution in [-0.4, -0.2) is 39.9 Å². The molecule has 9 nitrogen and oxygen atoms in total. The van der Waals surface area contributed by atoms with Gasteiger partial charge in [0.2, 0.25) is 0 Å². The van der Waals surface area contributed by atoms with E-state index in [4.69, 9.17) is 21.2 Å². The predicted molar refractivity (Wildman–Crippen MR) is 132 cm³/mol. The molecule has 0 unspecified atom stereocenters. The predicted octanol–water partition coefficient (Wildman–Crippen LogP) is 2.62. The Labute approximate surface area is 201 Å². The van der Waals surface area contributed by atoms with Crippen molar-refractivity contribution in [3.05, 3.63) is 102 Å². The molecule has 0 amide bonds. The van der Waals surface area contributed by atoms with E-state index in [0.29, 0.717) is 36.6 Å². The molecule has 1 aliphatic carbocycles. The number of pyridine rings is 1. The van der Waals surface area contributed by atoms with E-state index in [1.165, 1.54) is 6.07 Å². The molecule has 0 radical (unpaired) electrons.